The molecule has 0 atom stereocenters. The van der Waals surface area contributed by atoms with Crippen molar-refractivity contribution >= 4 is 46.6 Å². The maximum absolute atomic E-state index is 13.3. The minimum absolute atomic E-state index is 0.0788. The molecular weight excluding hydrogens is 632 g/mol. The first kappa shape index (κ1) is 36.6. The summed E-state index contributed by atoms with van der Waals surface area (Å²) in [5.41, 5.74) is 2.00. The number of rotatable bonds is 11. The Labute approximate surface area is 286 Å². The first-order valence-corrected chi connectivity index (χ1v) is 15.9. The molecule has 15 heteroatoms. The molecule has 264 valence electrons. The highest BCUT2D eigenvalue weighted by molar-refractivity contribution is 5.96. The fraction of sp³-hybridized carbons (Fsp3) is 0.500. The molecular formula is C34H46N8O7. The Morgan fingerprint density at radius 2 is 1.84 bits per heavy atom. The van der Waals surface area contributed by atoms with Gasteiger partial charge in [-0.25, -0.2) is 14.6 Å². The number of anilines is 5. The van der Waals surface area contributed by atoms with Gasteiger partial charge in [-0.2, -0.15) is 4.98 Å². The van der Waals surface area contributed by atoms with E-state index in [0.29, 0.717) is 12.4 Å². The van der Waals surface area contributed by atoms with Crippen molar-refractivity contribution in [3.05, 3.63) is 57.5 Å². The molecule has 1 aliphatic rings. The molecule has 0 radical (unpaired) electrons. The number of fused-ring (bicyclic) bond motifs is 1. The maximum Gasteiger partial charge on any atom is 0.410 e. The second-order valence-corrected chi connectivity index (χ2v) is 13.9. The smallest absolute Gasteiger partial charge is 0.410 e. The third-order valence-electron chi connectivity index (χ3n) is 7.71. The Morgan fingerprint density at radius 3 is 2.45 bits per heavy atom. The predicted octanol–water partition coefficient (Wildman–Crippen LogP) is 6.14. The van der Waals surface area contributed by atoms with Crippen molar-refractivity contribution in [1.29, 1.82) is 0 Å². The number of carbonyl (C=O) groups excluding carboxylic acids is 2. The van der Waals surface area contributed by atoms with Gasteiger partial charge < -0.3 is 34.2 Å². The molecule has 0 spiro atoms. The topological polar surface area (TPSA) is 165 Å². The zero-order valence-electron chi connectivity index (χ0n) is 30.1. The molecule has 1 N–H and O–H groups in total. The molecule has 0 saturated heterocycles. The number of pyridine rings is 1. The SMILES string of the molecule is COc1cc(N(C)CCN(C)C(=O)OC(C)(C)C)c([N+](=O)[O-])cc1Nc1ncc(C(=O)OC(C)C)c(N2CC(C)(C)c3nc(C)ccc32)n1. The Bertz CT molecular complexity index is 1740. The summed E-state index contributed by atoms with van der Waals surface area (Å²) < 4.78 is 16.6. The summed E-state index contributed by atoms with van der Waals surface area (Å²) in [6.45, 7) is 15.9. The summed E-state index contributed by atoms with van der Waals surface area (Å²) in [5.74, 6) is 0.0872. The lowest BCUT2D eigenvalue weighted by molar-refractivity contribution is -0.384. The van der Waals surface area contributed by atoms with Crippen LogP contribution in [0.4, 0.5) is 39.3 Å². The standard InChI is InChI=1S/C34H46N8O7/c1-20(2)48-30(43)22-18-35-31(38-29(22)41-19-34(7,8)28-24(41)13-12-21(3)36-28)37-23-16-26(42(45)46)25(17-27(23)47-11)39(9)14-15-40(10)32(44)49-33(4,5)6/h12-13,16-18,20H,14-15,19H2,1-11H3,(H,35,37,38). The van der Waals surface area contributed by atoms with Crippen LogP contribution in [0.1, 0.15) is 70.2 Å². The number of hydrogen-bond acceptors (Lipinski definition) is 13. The van der Waals surface area contributed by atoms with Crippen molar-refractivity contribution in [2.75, 3.05) is 56.0 Å². The number of aromatic nitrogens is 3. The monoisotopic (exact) mass is 678 g/mol. The van der Waals surface area contributed by atoms with E-state index >= 15 is 0 Å². The van der Waals surface area contributed by atoms with Gasteiger partial charge in [-0.1, -0.05) is 13.8 Å². The second kappa shape index (κ2) is 14.1. The number of ether oxygens (including phenoxy) is 3. The molecule has 2 aromatic heterocycles. The van der Waals surface area contributed by atoms with Gasteiger partial charge in [0.05, 0.1) is 35.2 Å². The zero-order valence-corrected chi connectivity index (χ0v) is 30.1. The van der Waals surface area contributed by atoms with Crippen LogP contribution in [0.25, 0.3) is 0 Å². The molecule has 0 fully saturated rings. The molecule has 0 saturated carbocycles. The van der Waals surface area contributed by atoms with Crippen molar-refractivity contribution in [3.8, 4) is 5.75 Å². The summed E-state index contributed by atoms with van der Waals surface area (Å²) in [6, 6.07) is 6.73. The first-order valence-electron chi connectivity index (χ1n) is 15.9. The van der Waals surface area contributed by atoms with Crippen LogP contribution in [0.2, 0.25) is 0 Å². The van der Waals surface area contributed by atoms with E-state index in [1.807, 2.05) is 24.0 Å². The summed E-state index contributed by atoms with van der Waals surface area (Å²) in [7, 11) is 4.74. The average molecular weight is 679 g/mol. The number of likely N-dealkylation sites (N-methyl/N-ethyl adjacent to an activating group) is 2. The van der Waals surface area contributed by atoms with Gasteiger partial charge in [-0.3, -0.25) is 15.1 Å². The lowest BCUT2D eigenvalue weighted by Crippen LogP contribution is -2.38. The largest absolute Gasteiger partial charge is 0.494 e. The Kier molecular flexibility index (Phi) is 10.5. The average Bonchev–Trinajstić information content (AvgIpc) is 3.27. The Morgan fingerprint density at radius 1 is 1.14 bits per heavy atom. The van der Waals surface area contributed by atoms with Crippen LogP contribution >= 0.6 is 0 Å². The quantitative estimate of drug-likeness (QED) is 0.140. The third kappa shape index (κ3) is 8.45. The summed E-state index contributed by atoms with van der Waals surface area (Å²) >= 11 is 0. The predicted molar refractivity (Wildman–Crippen MR) is 187 cm³/mol. The van der Waals surface area contributed by atoms with Crippen molar-refractivity contribution in [1.82, 2.24) is 19.9 Å². The van der Waals surface area contributed by atoms with Crippen molar-refractivity contribution in [2.45, 2.75) is 72.5 Å². The lowest BCUT2D eigenvalue weighted by Gasteiger charge is -2.27. The molecule has 0 bridgehead atoms. The highest BCUT2D eigenvalue weighted by Gasteiger charge is 2.40. The third-order valence-corrected chi connectivity index (χ3v) is 7.71. The van der Waals surface area contributed by atoms with E-state index in [1.165, 1.54) is 30.3 Å². The number of nitro benzene ring substituents is 1. The van der Waals surface area contributed by atoms with E-state index < -0.39 is 22.6 Å². The Hall–Kier alpha value is -5.21. The van der Waals surface area contributed by atoms with E-state index in [4.69, 9.17) is 24.2 Å². The molecule has 3 heterocycles. The number of nitro groups is 1. The molecule has 1 aromatic carbocycles. The highest BCUT2D eigenvalue weighted by Crippen LogP contribution is 2.44. The van der Waals surface area contributed by atoms with Crippen LogP contribution in [0.5, 0.6) is 5.75 Å². The molecule has 49 heavy (non-hydrogen) atoms. The van der Waals surface area contributed by atoms with Gasteiger partial charge >= 0.3 is 12.1 Å². The Balaban J connectivity index is 1.70. The number of esters is 1. The fourth-order valence-electron chi connectivity index (χ4n) is 5.32. The minimum atomic E-state index is -0.652. The van der Waals surface area contributed by atoms with Crippen molar-refractivity contribution in [3.63, 3.8) is 0 Å². The van der Waals surface area contributed by atoms with Gasteiger partial charge in [0.1, 0.15) is 22.6 Å². The van der Waals surface area contributed by atoms with E-state index in [1.54, 1.807) is 53.6 Å². The van der Waals surface area contributed by atoms with Crippen LogP contribution in [0.15, 0.2) is 30.5 Å². The highest BCUT2D eigenvalue weighted by atomic mass is 16.6. The van der Waals surface area contributed by atoms with Crippen molar-refractivity contribution in [2.24, 2.45) is 0 Å². The van der Waals surface area contributed by atoms with Gasteiger partial charge in [0.25, 0.3) is 5.69 Å². The summed E-state index contributed by atoms with van der Waals surface area (Å²) in [6.07, 6.45) is 0.512. The van der Waals surface area contributed by atoms with Gasteiger partial charge in [0, 0.05) is 63.2 Å². The molecule has 15 nitrogen and oxygen atoms in total. The fourth-order valence-corrected chi connectivity index (χ4v) is 5.32. The van der Waals surface area contributed by atoms with Gasteiger partial charge in [0.2, 0.25) is 5.95 Å². The number of nitrogens with zero attached hydrogens (tertiary/aromatic N) is 7. The van der Waals surface area contributed by atoms with Gasteiger partial charge in [-0.15, -0.1) is 0 Å². The summed E-state index contributed by atoms with van der Waals surface area (Å²) in [5, 5.41) is 15.4. The number of hydrogen-bond donors (Lipinski definition) is 1. The van der Waals surface area contributed by atoms with Gasteiger partial charge in [-0.05, 0) is 53.7 Å². The number of aryl methyl sites for hydroxylation is 1. The number of nitrogens with one attached hydrogen (secondary N) is 1. The molecule has 1 aliphatic heterocycles. The molecule has 3 aromatic rings. The second-order valence-electron chi connectivity index (χ2n) is 13.9. The molecule has 0 aliphatic carbocycles. The maximum atomic E-state index is 13.3. The van der Waals surface area contributed by atoms with Gasteiger partial charge in [0.15, 0.2) is 5.82 Å². The number of benzene rings is 1. The first-order chi connectivity index (χ1) is 22.8. The molecule has 1 amide bonds. The van der Waals surface area contributed by atoms with E-state index in [2.05, 4.69) is 24.1 Å². The summed E-state index contributed by atoms with van der Waals surface area (Å²) in [4.78, 5) is 56.4. The van der Waals surface area contributed by atoms with Crippen LogP contribution in [-0.4, -0.2) is 89.4 Å². The van der Waals surface area contributed by atoms with Crippen molar-refractivity contribution < 1.29 is 28.7 Å². The van der Waals surface area contributed by atoms with Crippen LogP contribution < -0.4 is 19.9 Å². The normalized spacial score (nSPS) is 13.5. The van der Waals surface area contributed by atoms with E-state index in [0.717, 1.165) is 17.1 Å². The minimum Gasteiger partial charge on any atom is -0.494 e. The van der Waals surface area contributed by atoms with Crippen LogP contribution in [0, 0.1) is 17.0 Å². The van der Waals surface area contributed by atoms with Crippen LogP contribution in [-0.2, 0) is 14.9 Å². The number of amides is 1. The number of methoxy groups -OCH3 is 1. The molecule has 0 unspecified atom stereocenters. The van der Waals surface area contributed by atoms with Crippen LogP contribution in [0.3, 0.4) is 0 Å². The lowest BCUT2D eigenvalue weighted by atomic mass is 9.91. The molecule has 4 rings (SSSR count). The zero-order chi connectivity index (χ0) is 36.4. The number of carbonyl (C=O) groups is 2. The van der Waals surface area contributed by atoms with E-state index in [9.17, 15) is 19.7 Å². The van der Waals surface area contributed by atoms with E-state index in [-0.39, 0.29) is 58.9 Å².